The van der Waals surface area contributed by atoms with E-state index in [0.717, 1.165) is 0 Å². The van der Waals surface area contributed by atoms with E-state index in [-0.39, 0.29) is 49.7 Å². The molecule has 266 valence electrons. The van der Waals surface area contributed by atoms with Crippen molar-refractivity contribution in [3.63, 3.8) is 0 Å². The minimum atomic E-state index is -1.29. The third-order valence-corrected chi connectivity index (χ3v) is 7.27. The van der Waals surface area contributed by atoms with Crippen LogP contribution in [-0.4, -0.2) is 101 Å². The Hall–Kier alpha value is -5.36. The Labute approximate surface area is 288 Å². The Morgan fingerprint density at radius 2 is 1.35 bits per heavy atom. The number of carbonyl (C=O) groups is 6. The van der Waals surface area contributed by atoms with Crippen LogP contribution >= 0.6 is 12.6 Å². The molecule has 2 aromatic rings. The number of hydrogen-bond acceptors (Lipinski definition) is 10. The summed E-state index contributed by atoms with van der Waals surface area (Å²) < 4.78 is 0. The van der Waals surface area contributed by atoms with Crippen LogP contribution in [0.15, 0.2) is 59.6 Å². The summed E-state index contributed by atoms with van der Waals surface area (Å²) in [5.74, 6) is -5.14. The number of aliphatic carboxylic acids is 1. The molecule has 2 aromatic carbocycles. The molecule has 0 aliphatic rings. The Morgan fingerprint density at radius 1 is 0.735 bits per heavy atom. The van der Waals surface area contributed by atoms with Gasteiger partial charge in [-0.2, -0.15) is 12.6 Å². The van der Waals surface area contributed by atoms with E-state index in [4.69, 9.17) is 22.3 Å². The van der Waals surface area contributed by atoms with Crippen molar-refractivity contribution in [3.05, 3.63) is 65.7 Å². The smallest absolute Gasteiger partial charge is 0.327 e. The molecule has 0 heterocycles. The van der Waals surface area contributed by atoms with Crippen LogP contribution in [0.4, 0.5) is 0 Å². The van der Waals surface area contributed by atoms with E-state index in [1.165, 1.54) is 12.1 Å². The van der Waals surface area contributed by atoms with Gasteiger partial charge in [0.1, 0.15) is 23.9 Å². The number of benzene rings is 2. The van der Waals surface area contributed by atoms with Crippen molar-refractivity contribution in [2.24, 2.45) is 22.2 Å². The molecule has 0 bridgehead atoms. The second-order valence-electron chi connectivity index (χ2n) is 10.9. The zero-order chi connectivity index (χ0) is 36.3. The summed E-state index contributed by atoms with van der Waals surface area (Å²) in [5, 5.41) is 30.7. The van der Waals surface area contributed by atoms with Crippen LogP contribution in [0.1, 0.15) is 24.0 Å². The van der Waals surface area contributed by atoms with Crippen LogP contribution in [0, 0.1) is 0 Å². The lowest BCUT2D eigenvalue weighted by Gasteiger charge is -2.24. The minimum absolute atomic E-state index is 0.0256. The van der Waals surface area contributed by atoms with Crippen LogP contribution in [0.5, 0.6) is 5.75 Å². The summed E-state index contributed by atoms with van der Waals surface area (Å²) in [4.78, 5) is 79.2. The summed E-state index contributed by atoms with van der Waals surface area (Å²) >= 11 is 3.85. The fourth-order valence-corrected chi connectivity index (χ4v) is 4.57. The Morgan fingerprint density at radius 3 is 1.96 bits per heavy atom. The average Bonchev–Trinajstić information content (AvgIpc) is 3.07. The van der Waals surface area contributed by atoms with Crippen molar-refractivity contribution in [2.75, 3.05) is 25.4 Å². The van der Waals surface area contributed by atoms with E-state index in [1.807, 2.05) is 0 Å². The molecular formula is C31H43N9O8S. The number of aliphatic imine (C=N–C) groups is 1. The first-order valence-corrected chi connectivity index (χ1v) is 15.8. The van der Waals surface area contributed by atoms with Crippen LogP contribution in [0.25, 0.3) is 0 Å². The predicted molar refractivity (Wildman–Crippen MR) is 183 cm³/mol. The van der Waals surface area contributed by atoms with Crippen LogP contribution in [-0.2, 0) is 41.6 Å². The van der Waals surface area contributed by atoms with Gasteiger partial charge in [-0.3, -0.25) is 29.0 Å². The van der Waals surface area contributed by atoms with E-state index in [9.17, 15) is 33.9 Å². The van der Waals surface area contributed by atoms with E-state index < -0.39 is 72.8 Å². The molecule has 0 aliphatic heterocycles. The molecule has 17 nitrogen and oxygen atoms in total. The molecule has 0 spiro atoms. The molecule has 0 aliphatic carbocycles. The number of phenolic OH excluding ortho intramolecular Hbond substituents is 1. The van der Waals surface area contributed by atoms with Crippen LogP contribution in [0.3, 0.4) is 0 Å². The number of amides is 5. The van der Waals surface area contributed by atoms with E-state index in [2.05, 4.69) is 44.2 Å². The molecule has 0 saturated carbocycles. The van der Waals surface area contributed by atoms with Gasteiger partial charge in [0.25, 0.3) is 0 Å². The van der Waals surface area contributed by atoms with Gasteiger partial charge < -0.3 is 54.0 Å². The molecule has 5 amide bonds. The van der Waals surface area contributed by atoms with Gasteiger partial charge in [0, 0.05) is 18.7 Å². The van der Waals surface area contributed by atoms with Crippen molar-refractivity contribution in [1.82, 2.24) is 26.6 Å². The highest BCUT2D eigenvalue weighted by atomic mass is 32.1. The Kier molecular flexibility index (Phi) is 16.9. The van der Waals surface area contributed by atoms with Crippen molar-refractivity contribution < 1.29 is 39.0 Å². The summed E-state index contributed by atoms with van der Waals surface area (Å²) in [6, 6.07) is 10.3. The highest BCUT2D eigenvalue weighted by molar-refractivity contribution is 7.80. The molecule has 13 N–H and O–H groups in total. The number of nitrogens with zero attached hydrogens (tertiary/aromatic N) is 1. The van der Waals surface area contributed by atoms with Gasteiger partial charge in [-0.25, -0.2) is 4.79 Å². The van der Waals surface area contributed by atoms with Crippen LogP contribution < -0.4 is 43.8 Å². The Balaban J connectivity index is 2.12. The van der Waals surface area contributed by atoms with Crippen LogP contribution in [0.2, 0.25) is 0 Å². The molecule has 2 rings (SSSR count). The molecule has 0 unspecified atom stereocenters. The number of hydrogen-bond donors (Lipinski definition) is 11. The first kappa shape index (κ1) is 39.8. The zero-order valence-electron chi connectivity index (χ0n) is 26.6. The summed E-state index contributed by atoms with van der Waals surface area (Å²) in [5.41, 5.74) is 18.3. The maximum atomic E-state index is 13.6. The number of nitrogens with one attached hydrogen (secondary N) is 5. The predicted octanol–water partition coefficient (Wildman–Crippen LogP) is -2.74. The first-order chi connectivity index (χ1) is 23.3. The fourth-order valence-electron chi connectivity index (χ4n) is 4.32. The molecule has 0 aromatic heterocycles. The number of nitrogens with two attached hydrogens (primary N) is 3. The largest absolute Gasteiger partial charge is 0.508 e. The molecule has 18 heteroatoms. The zero-order valence-corrected chi connectivity index (χ0v) is 27.5. The third kappa shape index (κ3) is 15.4. The average molecular weight is 702 g/mol. The van der Waals surface area contributed by atoms with Gasteiger partial charge in [-0.05, 0) is 42.5 Å². The lowest BCUT2D eigenvalue weighted by Crippen LogP contribution is -2.57. The maximum Gasteiger partial charge on any atom is 0.327 e. The lowest BCUT2D eigenvalue weighted by atomic mass is 10.0. The molecule has 0 saturated heterocycles. The SMILES string of the molecule is NC(N)=NCCC[C@@H](NC(=O)[C@H](N)Cc1ccc(O)cc1)C(=O)N[C@H](Cc1ccccc1)C(=O)NCC(=O)NCC(=O)N[C@@H](CS)C(=O)O. The number of rotatable bonds is 20. The van der Waals surface area contributed by atoms with Crippen molar-refractivity contribution in [3.8, 4) is 5.75 Å². The van der Waals surface area contributed by atoms with E-state index in [0.29, 0.717) is 11.1 Å². The maximum absolute atomic E-state index is 13.6. The van der Waals surface area contributed by atoms with Gasteiger partial charge in [0.15, 0.2) is 5.96 Å². The van der Waals surface area contributed by atoms with Gasteiger partial charge >= 0.3 is 5.97 Å². The van der Waals surface area contributed by atoms with Gasteiger partial charge in [-0.1, -0.05) is 42.5 Å². The number of carboxylic acids is 1. The van der Waals surface area contributed by atoms with Crippen molar-refractivity contribution in [1.29, 1.82) is 0 Å². The normalized spacial score (nSPS) is 13.0. The summed E-state index contributed by atoms with van der Waals surface area (Å²) in [6.45, 7) is -0.951. The van der Waals surface area contributed by atoms with Gasteiger partial charge in [0.05, 0.1) is 19.1 Å². The van der Waals surface area contributed by atoms with E-state index >= 15 is 0 Å². The second kappa shape index (κ2) is 20.8. The Bertz CT molecular complexity index is 1460. The standard InChI is InChI=1S/C31H43N9O8S/c32-21(13-19-8-10-20(41)11-9-19)27(44)39-22(7-4-12-35-31(33)34)29(46)40-23(14-18-5-2-1-3-6-18)28(45)37-15-25(42)36-16-26(43)38-24(17-49)30(47)48/h1-3,5-6,8-11,21-24,41,49H,4,7,12-17,32H2,(H,36,42)(H,37,45)(H,38,43)(H,39,44)(H,40,46)(H,47,48)(H4,33,34,35)/t21-,22-,23-,24+/m1/s1. The van der Waals surface area contributed by atoms with E-state index in [1.54, 1.807) is 42.5 Å². The fraction of sp³-hybridized carbons (Fsp3) is 0.387. The number of thiol groups is 1. The third-order valence-electron chi connectivity index (χ3n) is 6.91. The minimum Gasteiger partial charge on any atom is -0.508 e. The number of aromatic hydroxyl groups is 1. The van der Waals surface area contributed by atoms with Crippen molar-refractivity contribution >= 4 is 54.1 Å². The van der Waals surface area contributed by atoms with Crippen molar-refractivity contribution in [2.45, 2.75) is 49.9 Å². The summed E-state index contributed by atoms with van der Waals surface area (Å²) in [6.07, 6.45) is 0.513. The molecular weight excluding hydrogens is 658 g/mol. The monoisotopic (exact) mass is 701 g/mol. The molecule has 4 atom stereocenters. The quantitative estimate of drug-likeness (QED) is 0.0291. The topological polar surface area (TPSA) is 293 Å². The molecule has 0 fully saturated rings. The highest BCUT2D eigenvalue weighted by Gasteiger charge is 2.29. The lowest BCUT2D eigenvalue weighted by molar-refractivity contribution is -0.141. The first-order valence-electron chi connectivity index (χ1n) is 15.2. The highest BCUT2D eigenvalue weighted by Crippen LogP contribution is 2.11. The van der Waals surface area contributed by atoms with Gasteiger partial charge in [-0.15, -0.1) is 0 Å². The summed E-state index contributed by atoms with van der Waals surface area (Å²) in [7, 11) is 0. The van der Waals surface area contributed by atoms with Gasteiger partial charge in [0.2, 0.25) is 29.5 Å². The molecule has 0 radical (unpaired) electrons. The number of guanidine groups is 1. The second-order valence-corrected chi connectivity index (χ2v) is 11.2. The number of carbonyl (C=O) groups excluding carboxylic acids is 5. The molecule has 49 heavy (non-hydrogen) atoms. The number of phenols is 1. The number of carboxylic acid groups (broad SMARTS) is 1.